The summed E-state index contributed by atoms with van der Waals surface area (Å²) < 4.78 is 0. The van der Waals surface area contributed by atoms with Gasteiger partial charge in [0, 0.05) is 12.1 Å². The van der Waals surface area contributed by atoms with Crippen LogP contribution in [0.3, 0.4) is 0 Å². The van der Waals surface area contributed by atoms with Crippen molar-refractivity contribution in [3.8, 4) is 0 Å². The van der Waals surface area contributed by atoms with Crippen LogP contribution in [0, 0.1) is 5.92 Å². The molecule has 0 bridgehead atoms. The van der Waals surface area contributed by atoms with E-state index in [0.717, 1.165) is 11.3 Å². The van der Waals surface area contributed by atoms with Gasteiger partial charge in [-0.05, 0) is 6.92 Å². The van der Waals surface area contributed by atoms with E-state index in [0.29, 0.717) is 13.1 Å². The highest BCUT2D eigenvalue weighted by Crippen LogP contribution is 2.21. The SMILES string of the molecule is CC(C(=O)O)C(=O)N1Cc2cn[nH]c2C1. The molecule has 0 aromatic carbocycles. The highest BCUT2D eigenvalue weighted by Gasteiger charge is 2.31. The van der Waals surface area contributed by atoms with Crippen LogP contribution in [0.5, 0.6) is 0 Å². The van der Waals surface area contributed by atoms with Gasteiger partial charge in [-0.3, -0.25) is 14.7 Å². The lowest BCUT2D eigenvalue weighted by atomic mass is 10.1. The Kier molecular flexibility index (Phi) is 2.18. The second-order valence-electron chi connectivity index (χ2n) is 3.63. The smallest absolute Gasteiger partial charge is 0.315 e. The standard InChI is InChI=1S/C9H11N3O3/c1-5(9(14)15)8(13)12-3-6-2-10-11-7(6)4-12/h2,5H,3-4H2,1H3,(H,10,11)(H,14,15). The maximum absolute atomic E-state index is 11.7. The molecule has 1 aliphatic heterocycles. The van der Waals surface area contributed by atoms with Crippen molar-refractivity contribution in [2.45, 2.75) is 20.0 Å². The van der Waals surface area contributed by atoms with Crippen LogP contribution in [0.2, 0.25) is 0 Å². The molecule has 0 saturated carbocycles. The van der Waals surface area contributed by atoms with Crippen LogP contribution in [-0.4, -0.2) is 32.1 Å². The average Bonchev–Trinajstić information content (AvgIpc) is 2.74. The summed E-state index contributed by atoms with van der Waals surface area (Å²) in [5, 5.41) is 15.3. The highest BCUT2D eigenvalue weighted by molar-refractivity contribution is 5.96. The number of aromatic nitrogens is 2. The first kappa shape index (κ1) is 9.70. The number of carbonyl (C=O) groups is 2. The summed E-state index contributed by atoms with van der Waals surface area (Å²) in [7, 11) is 0. The molecule has 1 amide bonds. The Morgan fingerprint density at radius 3 is 2.93 bits per heavy atom. The number of hydrogen-bond donors (Lipinski definition) is 2. The molecule has 1 aromatic rings. The topological polar surface area (TPSA) is 86.3 Å². The molecule has 2 rings (SSSR count). The molecule has 6 nitrogen and oxygen atoms in total. The lowest BCUT2D eigenvalue weighted by molar-refractivity contribution is -0.150. The average molecular weight is 209 g/mol. The Bertz CT molecular complexity index is 392. The third kappa shape index (κ3) is 1.58. The zero-order valence-electron chi connectivity index (χ0n) is 8.23. The van der Waals surface area contributed by atoms with Crippen molar-refractivity contribution in [2.75, 3.05) is 0 Å². The second kappa shape index (κ2) is 3.38. The van der Waals surface area contributed by atoms with Crippen LogP contribution < -0.4 is 0 Å². The Morgan fingerprint density at radius 1 is 1.60 bits per heavy atom. The predicted molar refractivity (Wildman–Crippen MR) is 49.6 cm³/mol. The lowest BCUT2D eigenvalue weighted by Crippen LogP contribution is -2.34. The van der Waals surface area contributed by atoms with E-state index in [-0.39, 0.29) is 5.91 Å². The molecule has 6 heteroatoms. The summed E-state index contributed by atoms with van der Waals surface area (Å²) in [5.74, 6) is -2.43. The van der Waals surface area contributed by atoms with E-state index in [4.69, 9.17) is 5.11 Å². The van der Waals surface area contributed by atoms with Gasteiger partial charge in [0.15, 0.2) is 0 Å². The number of nitrogens with one attached hydrogen (secondary N) is 1. The van der Waals surface area contributed by atoms with Crippen LogP contribution >= 0.6 is 0 Å². The Morgan fingerprint density at radius 2 is 2.33 bits per heavy atom. The maximum Gasteiger partial charge on any atom is 0.315 e. The van der Waals surface area contributed by atoms with Gasteiger partial charge in [-0.25, -0.2) is 0 Å². The zero-order valence-corrected chi connectivity index (χ0v) is 8.23. The fraction of sp³-hybridized carbons (Fsp3) is 0.444. The molecule has 0 aliphatic carbocycles. The molecule has 2 heterocycles. The first-order chi connectivity index (χ1) is 7.09. The fourth-order valence-corrected chi connectivity index (χ4v) is 1.60. The van der Waals surface area contributed by atoms with E-state index in [1.165, 1.54) is 11.8 Å². The molecule has 15 heavy (non-hydrogen) atoms. The number of carboxylic acids is 1. The van der Waals surface area contributed by atoms with Gasteiger partial charge in [-0.15, -0.1) is 0 Å². The first-order valence-electron chi connectivity index (χ1n) is 4.62. The first-order valence-corrected chi connectivity index (χ1v) is 4.62. The van der Waals surface area contributed by atoms with Gasteiger partial charge in [0.2, 0.25) is 5.91 Å². The molecule has 2 N–H and O–H groups in total. The van der Waals surface area contributed by atoms with Crippen molar-refractivity contribution in [3.63, 3.8) is 0 Å². The summed E-state index contributed by atoms with van der Waals surface area (Å²) in [4.78, 5) is 23.8. The number of carboxylic acid groups (broad SMARTS) is 1. The van der Waals surface area contributed by atoms with Crippen molar-refractivity contribution in [3.05, 3.63) is 17.5 Å². The minimum Gasteiger partial charge on any atom is -0.481 e. The Balaban J connectivity index is 2.07. The highest BCUT2D eigenvalue weighted by atomic mass is 16.4. The molecule has 1 aliphatic rings. The van der Waals surface area contributed by atoms with Crippen LogP contribution in [0.4, 0.5) is 0 Å². The summed E-state index contributed by atoms with van der Waals surface area (Å²) >= 11 is 0. The van der Waals surface area contributed by atoms with Crippen molar-refractivity contribution in [2.24, 2.45) is 5.92 Å². The van der Waals surface area contributed by atoms with Crippen LogP contribution in [-0.2, 0) is 22.7 Å². The molecule has 1 unspecified atom stereocenters. The van der Waals surface area contributed by atoms with Crippen LogP contribution in [0.15, 0.2) is 6.20 Å². The summed E-state index contributed by atoms with van der Waals surface area (Å²) in [5.41, 5.74) is 1.85. The van der Waals surface area contributed by atoms with Gasteiger partial charge in [-0.2, -0.15) is 5.10 Å². The number of aliphatic carboxylic acids is 1. The van der Waals surface area contributed by atoms with Gasteiger partial charge in [-0.1, -0.05) is 0 Å². The van der Waals surface area contributed by atoms with Crippen LogP contribution in [0.1, 0.15) is 18.2 Å². The number of hydrogen-bond acceptors (Lipinski definition) is 3. The van der Waals surface area contributed by atoms with E-state index >= 15 is 0 Å². The predicted octanol–water partition coefficient (Wildman–Crippen LogP) is -0.0274. The Hall–Kier alpha value is -1.85. The fourth-order valence-electron chi connectivity index (χ4n) is 1.60. The second-order valence-corrected chi connectivity index (χ2v) is 3.63. The maximum atomic E-state index is 11.7. The lowest BCUT2D eigenvalue weighted by Gasteiger charge is -2.17. The van der Waals surface area contributed by atoms with Gasteiger partial charge < -0.3 is 10.0 Å². The van der Waals surface area contributed by atoms with Gasteiger partial charge in [0.1, 0.15) is 5.92 Å². The van der Waals surface area contributed by atoms with Crippen LogP contribution in [0.25, 0.3) is 0 Å². The van der Waals surface area contributed by atoms with E-state index in [2.05, 4.69) is 10.2 Å². The molecule has 0 spiro atoms. The van der Waals surface area contributed by atoms with E-state index in [1.807, 2.05) is 0 Å². The largest absolute Gasteiger partial charge is 0.481 e. The summed E-state index contributed by atoms with van der Waals surface area (Å²) in [6.07, 6.45) is 1.66. The Labute approximate surface area is 85.9 Å². The van der Waals surface area contributed by atoms with E-state index < -0.39 is 11.9 Å². The van der Waals surface area contributed by atoms with Crippen molar-refractivity contribution >= 4 is 11.9 Å². The molecule has 1 aromatic heterocycles. The van der Waals surface area contributed by atoms with E-state index in [9.17, 15) is 9.59 Å². The number of carbonyl (C=O) groups excluding carboxylic acids is 1. The number of aromatic amines is 1. The van der Waals surface area contributed by atoms with Crippen molar-refractivity contribution in [1.29, 1.82) is 0 Å². The molecule has 0 fully saturated rings. The number of amides is 1. The number of fused-ring (bicyclic) bond motifs is 1. The van der Waals surface area contributed by atoms with Crippen molar-refractivity contribution in [1.82, 2.24) is 15.1 Å². The molecular weight excluding hydrogens is 198 g/mol. The van der Waals surface area contributed by atoms with Crippen molar-refractivity contribution < 1.29 is 14.7 Å². The van der Waals surface area contributed by atoms with E-state index in [1.54, 1.807) is 6.20 Å². The molecule has 80 valence electrons. The molecule has 0 saturated heterocycles. The number of nitrogens with zero attached hydrogens (tertiary/aromatic N) is 2. The van der Waals surface area contributed by atoms with Gasteiger partial charge in [0.25, 0.3) is 0 Å². The number of H-pyrrole nitrogens is 1. The van der Waals surface area contributed by atoms with Gasteiger partial charge in [0.05, 0.1) is 18.4 Å². The molecule has 1 atom stereocenters. The summed E-state index contributed by atoms with van der Waals surface area (Å²) in [6.45, 7) is 2.27. The normalized spacial score (nSPS) is 16.2. The number of rotatable bonds is 2. The minimum atomic E-state index is -1.09. The monoisotopic (exact) mass is 209 g/mol. The molecular formula is C9H11N3O3. The summed E-state index contributed by atoms with van der Waals surface area (Å²) in [6, 6.07) is 0. The minimum absolute atomic E-state index is 0.355. The zero-order chi connectivity index (χ0) is 11.0. The third-order valence-electron chi connectivity index (χ3n) is 2.57. The van der Waals surface area contributed by atoms with Gasteiger partial charge >= 0.3 is 5.97 Å². The molecule has 0 radical (unpaired) electrons. The quantitative estimate of drug-likeness (QED) is 0.670. The third-order valence-corrected chi connectivity index (χ3v) is 2.57.